The molecule has 0 aromatic heterocycles. The first-order chi connectivity index (χ1) is 15.1. The minimum absolute atomic E-state index is 0.793. The van der Waals surface area contributed by atoms with Crippen LogP contribution in [0.3, 0.4) is 0 Å². The van der Waals surface area contributed by atoms with Crippen molar-refractivity contribution in [1.29, 1.82) is 0 Å². The summed E-state index contributed by atoms with van der Waals surface area (Å²) in [5, 5.41) is 8.58. The predicted molar refractivity (Wildman–Crippen MR) is 122 cm³/mol. The van der Waals surface area contributed by atoms with Crippen molar-refractivity contribution in [2.75, 3.05) is 0 Å². The van der Waals surface area contributed by atoms with E-state index in [1.54, 1.807) is 38.2 Å². The monoisotopic (exact) mass is 418 g/mol. The van der Waals surface area contributed by atoms with Crippen LogP contribution in [-0.2, 0) is 4.79 Å². The van der Waals surface area contributed by atoms with E-state index in [1.807, 2.05) is 12.2 Å². The summed E-state index contributed by atoms with van der Waals surface area (Å²) in [4.78, 5) is 10.4. The fourth-order valence-corrected chi connectivity index (χ4v) is 8.47. The molecule has 0 aromatic rings. The number of aliphatic carboxylic acids is 1. The Kier molecular flexibility index (Phi) is 4.24. The van der Waals surface area contributed by atoms with Gasteiger partial charge in [-0.3, -0.25) is 0 Å². The number of allylic oxidation sites excluding steroid dienone is 5. The smallest absolute Gasteiger partial charge is 0.328 e. The first kappa shape index (κ1) is 19.2. The second-order valence-electron chi connectivity index (χ2n) is 12.7. The second kappa shape index (κ2) is 6.84. The van der Waals surface area contributed by atoms with Gasteiger partial charge in [-0.05, 0) is 128 Å². The van der Waals surface area contributed by atoms with E-state index in [0.717, 1.165) is 59.2 Å². The molecular formula is C29H38O2. The van der Waals surface area contributed by atoms with Crippen LogP contribution >= 0.6 is 0 Å². The van der Waals surface area contributed by atoms with E-state index in [4.69, 9.17) is 5.11 Å². The Hall–Kier alpha value is -1.31. The molecule has 31 heavy (non-hydrogen) atoms. The first-order valence-electron chi connectivity index (χ1n) is 13.3. The van der Waals surface area contributed by atoms with Crippen LogP contribution in [0.15, 0.2) is 36.5 Å². The highest BCUT2D eigenvalue weighted by molar-refractivity contribution is 5.80. The van der Waals surface area contributed by atoms with E-state index in [1.165, 1.54) is 42.6 Å². The number of hydrogen-bond acceptors (Lipinski definition) is 1. The average Bonchev–Trinajstić information content (AvgIpc) is 3.47. The summed E-state index contributed by atoms with van der Waals surface area (Å²) in [6.07, 6.45) is 21.9. The van der Waals surface area contributed by atoms with Crippen LogP contribution in [0.4, 0.5) is 0 Å². The highest BCUT2D eigenvalue weighted by Gasteiger charge is 2.68. The van der Waals surface area contributed by atoms with Gasteiger partial charge in [0.05, 0.1) is 0 Å². The molecule has 2 heteroatoms. The van der Waals surface area contributed by atoms with Crippen molar-refractivity contribution in [3.63, 3.8) is 0 Å². The van der Waals surface area contributed by atoms with Gasteiger partial charge in [0, 0.05) is 6.08 Å². The summed E-state index contributed by atoms with van der Waals surface area (Å²) in [6, 6.07) is 0. The molecule has 0 aliphatic heterocycles. The molecule has 0 saturated heterocycles. The van der Waals surface area contributed by atoms with Gasteiger partial charge in [-0.2, -0.15) is 0 Å². The van der Waals surface area contributed by atoms with Gasteiger partial charge >= 0.3 is 5.97 Å². The Morgan fingerprint density at radius 2 is 1.00 bits per heavy atom. The fourth-order valence-electron chi connectivity index (χ4n) is 8.47. The van der Waals surface area contributed by atoms with Gasteiger partial charge in [-0.1, -0.05) is 37.3 Å². The molecule has 14 atom stereocenters. The van der Waals surface area contributed by atoms with Gasteiger partial charge < -0.3 is 5.11 Å². The molecule has 0 amide bonds. The molecule has 1 N–H and O–H groups in total. The molecular weight excluding hydrogens is 380 g/mol. The van der Waals surface area contributed by atoms with Gasteiger partial charge in [-0.25, -0.2) is 4.79 Å². The normalized spacial score (nSPS) is 58.1. The Balaban J connectivity index is 0.817. The van der Waals surface area contributed by atoms with Gasteiger partial charge in [0.15, 0.2) is 0 Å². The van der Waals surface area contributed by atoms with Crippen molar-refractivity contribution < 1.29 is 9.90 Å². The molecule has 7 rings (SSSR count). The molecule has 14 unspecified atom stereocenters. The number of carboxylic acid groups (broad SMARTS) is 1. The lowest BCUT2D eigenvalue weighted by molar-refractivity contribution is -0.131. The van der Waals surface area contributed by atoms with Gasteiger partial charge in [0.2, 0.25) is 0 Å². The number of carboxylic acids is 1. The van der Waals surface area contributed by atoms with Gasteiger partial charge in [0.1, 0.15) is 0 Å². The van der Waals surface area contributed by atoms with Crippen LogP contribution < -0.4 is 0 Å². The molecule has 7 aliphatic rings. The number of carbonyl (C=O) groups is 1. The lowest BCUT2D eigenvalue weighted by Gasteiger charge is -2.01. The third kappa shape index (κ3) is 3.76. The van der Waals surface area contributed by atoms with Crippen LogP contribution in [0.5, 0.6) is 0 Å². The Morgan fingerprint density at radius 1 is 0.581 bits per heavy atom. The third-order valence-electron chi connectivity index (χ3n) is 10.7. The SMILES string of the molecule is CC1CC1C1CC1C1CC1C1CC1C1CC1C1CC1C1CC1C=CC=CC=CC(=O)O. The summed E-state index contributed by atoms with van der Waals surface area (Å²) < 4.78 is 0. The summed E-state index contributed by atoms with van der Waals surface area (Å²) in [6.45, 7) is 2.47. The maximum atomic E-state index is 10.4. The van der Waals surface area contributed by atoms with Crippen molar-refractivity contribution in [3.05, 3.63) is 36.5 Å². The van der Waals surface area contributed by atoms with Crippen molar-refractivity contribution in [2.24, 2.45) is 82.9 Å². The van der Waals surface area contributed by atoms with Crippen molar-refractivity contribution in [3.8, 4) is 0 Å². The van der Waals surface area contributed by atoms with Crippen LogP contribution in [0.25, 0.3) is 0 Å². The van der Waals surface area contributed by atoms with Crippen molar-refractivity contribution in [1.82, 2.24) is 0 Å². The Labute approximate surface area is 187 Å². The van der Waals surface area contributed by atoms with Crippen LogP contribution in [-0.4, -0.2) is 11.1 Å². The first-order valence-corrected chi connectivity index (χ1v) is 13.3. The van der Waals surface area contributed by atoms with Crippen molar-refractivity contribution >= 4 is 5.97 Å². The van der Waals surface area contributed by atoms with E-state index in [-0.39, 0.29) is 0 Å². The lowest BCUT2D eigenvalue weighted by atomic mass is 10.0. The maximum absolute atomic E-state index is 10.4. The predicted octanol–water partition coefficient (Wildman–Crippen LogP) is 6.21. The second-order valence-corrected chi connectivity index (χ2v) is 12.7. The molecule has 0 heterocycles. The van der Waals surface area contributed by atoms with Gasteiger partial charge in [-0.15, -0.1) is 0 Å². The summed E-state index contributed by atoms with van der Waals surface area (Å²) in [7, 11) is 0. The van der Waals surface area contributed by atoms with Crippen LogP contribution in [0.1, 0.15) is 51.9 Å². The summed E-state index contributed by atoms with van der Waals surface area (Å²) >= 11 is 0. The standard InChI is InChI=1S/C29H38O2/c1-15-8-17(15)19-10-21(19)23-12-25(23)27-14-28(27)26-13-24(26)22-11-20(22)18-9-16(18)6-4-2-3-5-7-29(30)31/h2-7,15-28H,8-14H2,1H3,(H,30,31). The van der Waals surface area contributed by atoms with E-state index >= 15 is 0 Å². The van der Waals surface area contributed by atoms with Crippen molar-refractivity contribution in [2.45, 2.75) is 51.9 Å². The largest absolute Gasteiger partial charge is 0.478 e. The number of hydrogen-bond donors (Lipinski definition) is 1. The summed E-state index contributed by atoms with van der Waals surface area (Å²) in [5.74, 6) is 14.5. The molecule has 0 bridgehead atoms. The maximum Gasteiger partial charge on any atom is 0.328 e. The van der Waals surface area contributed by atoms with Crippen LogP contribution in [0.2, 0.25) is 0 Å². The Morgan fingerprint density at radius 3 is 1.45 bits per heavy atom. The van der Waals surface area contributed by atoms with E-state index in [9.17, 15) is 4.79 Å². The highest BCUT2D eigenvalue weighted by Crippen LogP contribution is 2.75. The molecule has 7 fully saturated rings. The molecule has 7 aliphatic carbocycles. The lowest BCUT2D eigenvalue weighted by Crippen LogP contribution is -1.97. The zero-order valence-electron chi connectivity index (χ0n) is 18.9. The van der Waals surface area contributed by atoms with Crippen LogP contribution in [0, 0.1) is 82.9 Å². The van der Waals surface area contributed by atoms with E-state index in [0.29, 0.717) is 0 Å². The molecule has 2 nitrogen and oxygen atoms in total. The molecule has 0 aromatic carbocycles. The average molecular weight is 419 g/mol. The third-order valence-corrected chi connectivity index (χ3v) is 10.7. The van der Waals surface area contributed by atoms with E-state index < -0.39 is 5.97 Å². The topological polar surface area (TPSA) is 37.3 Å². The minimum Gasteiger partial charge on any atom is -0.478 e. The summed E-state index contributed by atoms with van der Waals surface area (Å²) in [5.41, 5.74) is 0. The zero-order chi connectivity index (χ0) is 20.9. The van der Waals surface area contributed by atoms with Gasteiger partial charge in [0.25, 0.3) is 0 Å². The highest BCUT2D eigenvalue weighted by atomic mass is 16.4. The minimum atomic E-state index is -0.886. The van der Waals surface area contributed by atoms with E-state index in [2.05, 4.69) is 19.1 Å². The quantitative estimate of drug-likeness (QED) is 0.338. The fraction of sp³-hybridized carbons (Fsp3) is 0.759. The molecule has 166 valence electrons. The molecule has 0 spiro atoms. The Bertz CT molecular complexity index is 853. The molecule has 0 radical (unpaired) electrons. The molecule has 7 saturated carbocycles. The zero-order valence-corrected chi connectivity index (χ0v) is 18.9. The number of rotatable bonds is 10.